The highest BCUT2D eigenvalue weighted by molar-refractivity contribution is 8.13. The lowest BCUT2D eigenvalue weighted by molar-refractivity contribution is 0.269. The van der Waals surface area contributed by atoms with Crippen LogP contribution in [0.5, 0.6) is 0 Å². The van der Waals surface area contributed by atoms with Crippen LogP contribution in [0.2, 0.25) is 5.02 Å². The molecule has 0 aromatic carbocycles. The molecule has 70 valence electrons. The molecule has 1 heterocycles. The molecule has 0 aliphatic heterocycles. The van der Waals surface area contributed by atoms with Crippen molar-refractivity contribution in [3.63, 3.8) is 0 Å². The van der Waals surface area contributed by atoms with Crippen LogP contribution in [0.25, 0.3) is 0 Å². The van der Waals surface area contributed by atoms with E-state index in [0.29, 0.717) is 0 Å². The van der Waals surface area contributed by atoms with Gasteiger partial charge in [-0.3, -0.25) is 10.1 Å². The predicted molar refractivity (Wildman–Crippen MR) is 52.5 cm³/mol. The number of nitrogens with one attached hydrogen (secondary N) is 1. The molecule has 1 rings (SSSR count). The van der Waals surface area contributed by atoms with Gasteiger partial charge in [-0.1, -0.05) is 23.4 Å². The van der Waals surface area contributed by atoms with Crippen LogP contribution < -0.4 is 10.9 Å². The predicted octanol–water partition coefficient (Wildman–Crippen LogP) is 2.19. The van der Waals surface area contributed by atoms with Gasteiger partial charge in [0.05, 0.1) is 5.02 Å². The Bertz CT molecular complexity index is 376. The molecule has 0 aliphatic rings. The van der Waals surface area contributed by atoms with Gasteiger partial charge in [-0.15, -0.1) is 0 Å². The van der Waals surface area contributed by atoms with Crippen LogP contribution in [-0.4, -0.2) is 11.5 Å². The van der Waals surface area contributed by atoms with Crippen LogP contribution in [0.1, 0.15) is 0 Å². The number of thioether (sulfide) groups is 1. The average molecular weight is 220 g/mol. The van der Waals surface area contributed by atoms with E-state index >= 15 is 0 Å². The van der Waals surface area contributed by atoms with E-state index in [4.69, 9.17) is 11.6 Å². The lowest BCUT2D eigenvalue weighted by Crippen LogP contribution is -2.07. The molecule has 0 bridgehead atoms. The smallest absolute Gasteiger partial charge is 0.338 e. The lowest BCUT2D eigenvalue weighted by Gasteiger charge is -1.99. The van der Waals surface area contributed by atoms with Crippen molar-refractivity contribution in [3.8, 4) is 0 Å². The summed E-state index contributed by atoms with van der Waals surface area (Å²) in [5.41, 5.74) is -0.594. The Morgan fingerprint density at radius 1 is 1.62 bits per heavy atom. The minimum Gasteiger partial charge on any atom is -0.406 e. The van der Waals surface area contributed by atoms with Crippen LogP contribution in [0.4, 0.5) is 10.7 Å². The van der Waals surface area contributed by atoms with Crippen LogP contribution in [0, 0.1) is 0 Å². The molecule has 1 aromatic heterocycles. The van der Waals surface area contributed by atoms with Crippen LogP contribution >= 0.6 is 23.4 Å². The summed E-state index contributed by atoms with van der Waals surface area (Å²) in [7, 11) is 0. The van der Waals surface area contributed by atoms with E-state index in [1.165, 1.54) is 6.07 Å². The van der Waals surface area contributed by atoms with Crippen LogP contribution in [-0.2, 0) is 0 Å². The molecule has 1 amide bonds. The first kappa shape index (κ1) is 10.1. The second-order valence-electron chi connectivity index (χ2n) is 2.08. The number of anilines is 1. The summed E-state index contributed by atoms with van der Waals surface area (Å²) in [4.78, 5) is 21.6. The highest BCUT2D eigenvalue weighted by Crippen LogP contribution is 2.13. The zero-order valence-electron chi connectivity index (χ0n) is 6.67. The molecule has 0 unspecified atom stereocenters. The molecule has 0 atom stereocenters. The number of carbonyl (C=O) groups is 1. The molecule has 0 radical (unpaired) electrons. The first-order valence-corrected chi connectivity index (χ1v) is 4.88. The van der Waals surface area contributed by atoms with E-state index in [2.05, 4.69) is 9.73 Å². The highest BCUT2D eigenvalue weighted by atomic mass is 35.5. The number of hydrogen-bond donors (Lipinski definition) is 1. The van der Waals surface area contributed by atoms with Crippen molar-refractivity contribution >= 4 is 34.5 Å². The highest BCUT2D eigenvalue weighted by Gasteiger charge is 2.03. The second-order valence-corrected chi connectivity index (χ2v) is 3.29. The first-order valence-electron chi connectivity index (χ1n) is 3.27. The number of amides is 1. The topological polar surface area (TPSA) is 59.3 Å². The Kier molecular flexibility index (Phi) is 3.39. The Morgan fingerprint density at radius 3 is 2.85 bits per heavy atom. The van der Waals surface area contributed by atoms with Crippen LogP contribution in [0.3, 0.4) is 0 Å². The average Bonchev–Trinajstić information content (AvgIpc) is 2.02. The van der Waals surface area contributed by atoms with Gasteiger partial charge in [0.15, 0.2) is 0 Å². The molecule has 0 aliphatic carbocycles. The number of carbonyl (C=O) groups excluding carboxylic acids is 1. The van der Waals surface area contributed by atoms with Crippen molar-refractivity contribution in [2.45, 2.75) is 0 Å². The van der Waals surface area contributed by atoms with Gasteiger partial charge in [-0.05, 0) is 6.26 Å². The molecule has 6 heteroatoms. The Labute approximate surface area is 83.3 Å². The summed E-state index contributed by atoms with van der Waals surface area (Å²) in [6.07, 6.45) is 1.61. The lowest BCUT2D eigenvalue weighted by atomic mass is 10.5. The molecule has 1 aromatic rings. The maximum absolute atomic E-state index is 10.9. The largest absolute Gasteiger partial charge is 0.406 e. The third-order valence-corrected chi connectivity index (χ3v) is 1.84. The van der Waals surface area contributed by atoms with Crippen molar-refractivity contribution in [1.29, 1.82) is 0 Å². The van der Waals surface area contributed by atoms with Gasteiger partial charge in [0.25, 0.3) is 5.24 Å². The third kappa shape index (κ3) is 3.12. The molecule has 0 saturated carbocycles. The second kappa shape index (κ2) is 4.34. The summed E-state index contributed by atoms with van der Waals surface area (Å²) in [5.74, 6) is 0.0526. The number of hydrogen-bond acceptors (Lipinski definition) is 4. The minimum atomic E-state index is -0.594. The molecule has 0 fully saturated rings. The zero-order valence-corrected chi connectivity index (χ0v) is 8.24. The Morgan fingerprint density at radius 2 is 2.31 bits per heavy atom. The van der Waals surface area contributed by atoms with E-state index < -0.39 is 5.63 Å². The fourth-order valence-corrected chi connectivity index (χ4v) is 1.05. The molecule has 0 spiro atoms. The van der Waals surface area contributed by atoms with Crippen molar-refractivity contribution in [2.75, 3.05) is 11.6 Å². The number of halogens is 1. The summed E-state index contributed by atoms with van der Waals surface area (Å²) in [6, 6.07) is 2.48. The van der Waals surface area contributed by atoms with E-state index in [9.17, 15) is 9.59 Å². The maximum atomic E-state index is 10.9. The van der Waals surface area contributed by atoms with E-state index in [1.807, 2.05) is 0 Å². The first-order chi connectivity index (χ1) is 6.11. The van der Waals surface area contributed by atoms with Gasteiger partial charge in [-0.2, -0.15) is 0 Å². The van der Waals surface area contributed by atoms with Gasteiger partial charge in [0.2, 0.25) is 5.88 Å². The van der Waals surface area contributed by atoms with E-state index in [-0.39, 0.29) is 16.1 Å². The van der Waals surface area contributed by atoms with E-state index in [0.717, 1.165) is 17.8 Å². The van der Waals surface area contributed by atoms with Crippen molar-refractivity contribution in [1.82, 2.24) is 0 Å². The summed E-state index contributed by atoms with van der Waals surface area (Å²) in [6.45, 7) is 0. The minimum absolute atomic E-state index is 0.0526. The zero-order chi connectivity index (χ0) is 9.84. The molecule has 1 N–H and O–H groups in total. The summed E-state index contributed by atoms with van der Waals surface area (Å²) >= 11 is 6.53. The maximum Gasteiger partial charge on any atom is 0.338 e. The quantitative estimate of drug-likeness (QED) is 0.787. The van der Waals surface area contributed by atoms with Gasteiger partial charge >= 0.3 is 5.63 Å². The van der Waals surface area contributed by atoms with Gasteiger partial charge in [0.1, 0.15) is 0 Å². The third-order valence-electron chi connectivity index (χ3n) is 1.15. The molecule has 13 heavy (non-hydrogen) atoms. The van der Waals surface area contributed by atoms with Gasteiger partial charge < -0.3 is 4.42 Å². The summed E-state index contributed by atoms with van der Waals surface area (Å²) in [5, 5.41) is 2.26. The number of rotatable bonds is 1. The monoisotopic (exact) mass is 219 g/mol. The van der Waals surface area contributed by atoms with Crippen LogP contribution in [0.15, 0.2) is 21.3 Å². The SMILES string of the molecule is CSC(=O)Nc1cc(Cl)cc(=O)o1. The molecule has 4 nitrogen and oxygen atoms in total. The molecular weight excluding hydrogens is 214 g/mol. The molecular formula is C7H6ClNO3S. The Balaban J connectivity index is 2.89. The fourth-order valence-electron chi connectivity index (χ4n) is 0.660. The van der Waals surface area contributed by atoms with Gasteiger partial charge in [-0.25, -0.2) is 4.79 Å². The molecule has 0 saturated heterocycles. The van der Waals surface area contributed by atoms with E-state index in [1.54, 1.807) is 6.26 Å². The van der Waals surface area contributed by atoms with Crippen molar-refractivity contribution in [3.05, 3.63) is 27.6 Å². The Hall–Kier alpha value is -0.940. The standard InChI is InChI=1S/C7H6ClNO3S/c1-13-7(11)9-5-2-4(8)3-6(10)12-5/h2-3H,1H3,(H,9,11). The normalized spacial score (nSPS) is 9.69. The fraction of sp³-hybridized carbons (Fsp3) is 0.143. The van der Waals surface area contributed by atoms with Crippen molar-refractivity contribution in [2.24, 2.45) is 0 Å². The van der Waals surface area contributed by atoms with Gasteiger partial charge in [0, 0.05) is 12.1 Å². The van der Waals surface area contributed by atoms with Crippen molar-refractivity contribution < 1.29 is 9.21 Å². The summed E-state index contributed by atoms with van der Waals surface area (Å²) < 4.78 is 4.65.